The van der Waals surface area contributed by atoms with Gasteiger partial charge in [0.05, 0.1) is 11.3 Å². The Balaban J connectivity index is 2.15. The van der Waals surface area contributed by atoms with E-state index in [4.69, 9.17) is 5.73 Å². The van der Waals surface area contributed by atoms with Gasteiger partial charge in [0.1, 0.15) is 6.04 Å². The number of hydrogen-bond acceptors (Lipinski definition) is 4. The Morgan fingerprint density at radius 3 is 2.63 bits per heavy atom. The number of thioether (sulfide) groups is 1. The second-order valence-electron chi connectivity index (χ2n) is 5.35. The fraction of sp³-hybridized carbons (Fsp3) is 0.846. The first-order chi connectivity index (χ1) is 9.06. The van der Waals surface area contributed by atoms with E-state index in [0.717, 1.165) is 32.1 Å². The molecule has 0 spiro atoms. The van der Waals surface area contributed by atoms with Crippen LogP contribution in [-0.4, -0.2) is 45.1 Å². The van der Waals surface area contributed by atoms with Gasteiger partial charge in [-0.15, -0.1) is 11.8 Å². The van der Waals surface area contributed by atoms with Gasteiger partial charge in [0.25, 0.3) is 0 Å². The average molecular weight is 286 g/mol. The van der Waals surface area contributed by atoms with Crippen molar-refractivity contribution < 1.29 is 14.7 Å². The minimum Gasteiger partial charge on any atom is -0.480 e. The highest BCUT2D eigenvalue weighted by Gasteiger charge is 2.44. The number of hydrogen-bond donors (Lipinski definition) is 2. The lowest BCUT2D eigenvalue weighted by Crippen LogP contribution is -2.52. The van der Waals surface area contributed by atoms with Crippen LogP contribution in [0.15, 0.2) is 0 Å². The third kappa shape index (κ3) is 2.89. The van der Waals surface area contributed by atoms with E-state index in [1.165, 1.54) is 0 Å². The molecule has 0 aromatic rings. The van der Waals surface area contributed by atoms with Crippen molar-refractivity contribution in [1.82, 2.24) is 4.90 Å². The Morgan fingerprint density at radius 2 is 2.05 bits per heavy atom. The predicted molar refractivity (Wildman–Crippen MR) is 74.7 cm³/mol. The second kappa shape index (κ2) is 6.13. The van der Waals surface area contributed by atoms with E-state index in [2.05, 4.69) is 0 Å². The van der Waals surface area contributed by atoms with Crippen LogP contribution in [0.3, 0.4) is 0 Å². The quantitative estimate of drug-likeness (QED) is 0.816. The predicted octanol–water partition coefficient (Wildman–Crippen LogP) is 1.27. The maximum Gasteiger partial charge on any atom is 0.327 e. The summed E-state index contributed by atoms with van der Waals surface area (Å²) in [6.07, 6.45) is 4.52. The molecule has 19 heavy (non-hydrogen) atoms. The summed E-state index contributed by atoms with van der Waals surface area (Å²) >= 11 is 1.56. The van der Waals surface area contributed by atoms with Crippen molar-refractivity contribution in [2.75, 3.05) is 5.75 Å². The number of nitrogens with zero attached hydrogens (tertiary/aromatic N) is 1. The summed E-state index contributed by atoms with van der Waals surface area (Å²) in [6, 6.07) is -0.796. The van der Waals surface area contributed by atoms with E-state index < -0.39 is 12.0 Å². The molecule has 0 aromatic carbocycles. The van der Waals surface area contributed by atoms with Crippen molar-refractivity contribution in [3.8, 4) is 0 Å². The van der Waals surface area contributed by atoms with Gasteiger partial charge in [0, 0.05) is 11.8 Å². The first-order valence-electron chi connectivity index (χ1n) is 6.98. The Bertz CT molecular complexity index is 364. The maximum atomic E-state index is 12.7. The minimum absolute atomic E-state index is 0.0114. The lowest BCUT2D eigenvalue weighted by Gasteiger charge is -2.35. The summed E-state index contributed by atoms with van der Waals surface area (Å²) in [5.41, 5.74) is 6.05. The van der Waals surface area contributed by atoms with Gasteiger partial charge in [-0.25, -0.2) is 4.79 Å². The average Bonchev–Trinajstić information content (AvgIpc) is 2.82. The molecule has 0 aromatic heterocycles. The molecule has 1 saturated carbocycles. The van der Waals surface area contributed by atoms with Crippen molar-refractivity contribution in [3.05, 3.63) is 0 Å². The van der Waals surface area contributed by atoms with Crippen LogP contribution in [0.1, 0.15) is 39.0 Å². The smallest absolute Gasteiger partial charge is 0.327 e. The van der Waals surface area contributed by atoms with E-state index in [-0.39, 0.29) is 23.2 Å². The lowest BCUT2D eigenvalue weighted by molar-refractivity contribution is -0.151. The Kier molecular flexibility index (Phi) is 4.73. The molecule has 2 fully saturated rings. The van der Waals surface area contributed by atoms with Crippen molar-refractivity contribution in [2.24, 2.45) is 11.7 Å². The molecule has 1 saturated heterocycles. The Hall–Kier alpha value is -0.750. The molecule has 108 valence electrons. The fourth-order valence-electron chi connectivity index (χ4n) is 3.02. The largest absolute Gasteiger partial charge is 0.480 e. The molecule has 2 aliphatic rings. The SMILES string of the molecule is CCC1SCC(C(=O)O)N1C(=O)C1CCCCC1N. The summed E-state index contributed by atoms with van der Waals surface area (Å²) in [5, 5.41) is 9.26. The van der Waals surface area contributed by atoms with Gasteiger partial charge < -0.3 is 15.7 Å². The van der Waals surface area contributed by atoms with Crippen LogP contribution in [0.4, 0.5) is 0 Å². The zero-order chi connectivity index (χ0) is 14.0. The zero-order valence-corrected chi connectivity index (χ0v) is 12.1. The van der Waals surface area contributed by atoms with Gasteiger partial charge in [0.15, 0.2) is 0 Å². The van der Waals surface area contributed by atoms with E-state index in [9.17, 15) is 14.7 Å². The van der Waals surface area contributed by atoms with Crippen LogP contribution in [-0.2, 0) is 9.59 Å². The standard InChI is InChI=1S/C13H22N2O3S/c1-2-11-15(10(7-19-11)13(17)18)12(16)8-5-3-4-6-9(8)14/h8-11H,2-7,14H2,1H3,(H,17,18). The topological polar surface area (TPSA) is 83.6 Å². The normalized spacial score (nSPS) is 35.4. The van der Waals surface area contributed by atoms with Gasteiger partial charge in [-0.1, -0.05) is 19.8 Å². The summed E-state index contributed by atoms with van der Waals surface area (Å²) < 4.78 is 0. The van der Waals surface area contributed by atoms with Crippen LogP contribution in [0.5, 0.6) is 0 Å². The summed E-state index contributed by atoms with van der Waals surface area (Å²) in [4.78, 5) is 25.6. The molecule has 6 heteroatoms. The number of carboxylic acids is 1. The van der Waals surface area contributed by atoms with Crippen LogP contribution < -0.4 is 5.73 Å². The number of carboxylic acid groups (broad SMARTS) is 1. The number of aliphatic carboxylic acids is 1. The fourth-order valence-corrected chi connectivity index (χ4v) is 4.38. The van der Waals surface area contributed by atoms with Crippen LogP contribution in [0, 0.1) is 5.92 Å². The molecule has 4 unspecified atom stereocenters. The third-order valence-corrected chi connectivity index (χ3v) is 5.57. The molecule has 5 nitrogen and oxygen atoms in total. The van der Waals surface area contributed by atoms with E-state index in [1.54, 1.807) is 16.7 Å². The van der Waals surface area contributed by atoms with Crippen LogP contribution in [0.2, 0.25) is 0 Å². The number of nitrogens with two attached hydrogens (primary N) is 1. The molecule has 1 amide bonds. The highest BCUT2D eigenvalue weighted by molar-refractivity contribution is 8.00. The molecule has 0 bridgehead atoms. The van der Waals surface area contributed by atoms with Gasteiger partial charge in [-0.2, -0.15) is 0 Å². The summed E-state index contributed by atoms with van der Waals surface area (Å²) in [5.74, 6) is -0.650. The van der Waals surface area contributed by atoms with Gasteiger partial charge in [-0.05, 0) is 19.3 Å². The maximum absolute atomic E-state index is 12.7. The van der Waals surface area contributed by atoms with E-state index in [0.29, 0.717) is 5.75 Å². The first kappa shape index (κ1) is 14.7. The van der Waals surface area contributed by atoms with Gasteiger partial charge in [0.2, 0.25) is 5.91 Å². The van der Waals surface area contributed by atoms with Crippen molar-refractivity contribution in [1.29, 1.82) is 0 Å². The van der Waals surface area contributed by atoms with Gasteiger partial charge >= 0.3 is 5.97 Å². The molecular formula is C13H22N2O3S. The van der Waals surface area contributed by atoms with Crippen molar-refractivity contribution in [2.45, 2.75) is 56.5 Å². The number of amides is 1. The molecule has 2 rings (SSSR count). The molecule has 1 heterocycles. The molecule has 4 atom stereocenters. The first-order valence-corrected chi connectivity index (χ1v) is 8.03. The third-order valence-electron chi connectivity index (χ3n) is 4.12. The molecule has 0 radical (unpaired) electrons. The Labute approximate surface area is 117 Å². The van der Waals surface area contributed by atoms with Gasteiger partial charge in [-0.3, -0.25) is 4.79 Å². The minimum atomic E-state index is -0.902. The molecule has 3 N–H and O–H groups in total. The number of rotatable bonds is 3. The number of carbonyl (C=O) groups excluding carboxylic acids is 1. The second-order valence-corrected chi connectivity index (χ2v) is 6.56. The lowest BCUT2D eigenvalue weighted by atomic mass is 9.84. The highest BCUT2D eigenvalue weighted by atomic mass is 32.2. The zero-order valence-electron chi connectivity index (χ0n) is 11.2. The molecule has 1 aliphatic heterocycles. The summed E-state index contributed by atoms with van der Waals surface area (Å²) in [6.45, 7) is 1.99. The monoisotopic (exact) mass is 286 g/mol. The molecular weight excluding hydrogens is 264 g/mol. The Morgan fingerprint density at radius 1 is 1.37 bits per heavy atom. The molecule has 1 aliphatic carbocycles. The van der Waals surface area contributed by atoms with Crippen LogP contribution in [0.25, 0.3) is 0 Å². The van der Waals surface area contributed by atoms with Crippen molar-refractivity contribution in [3.63, 3.8) is 0 Å². The summed E-state index contributed by atoms with van der Waals surface area (Å²) in [7, 11) is 0. The van der Waals surface area contributed by atoms with E-state index in [1.807, 2.05) is 6.92 Å². The van der Waals surface area contributed by atoms with Crippen LogP contribution >= 0.6 is 11.8 Å². The van der Waals surface area contributed by atoms with Crippen molar-refractivity contribution >= 4 is 23.6 Å². The van der Waals surface area contributed by atoms with E-state index >= 15 is 0 Å². The highest BCUT2D eigenvalue weighted by Crippen LogP contribution is 2.35. The number of carbonyl (C=O) groups is 2.